The monoisotopic (exact) mass is 429 g/mol. The first-order chi connectivity index (χ1) is 15.7. The zero-order valence-electron chi connectivity index (χ0n) is 18.3. The second-order valence-corrected chi connectivity index (χ2v) is 7.37. The summed E-state index contributed by atoms with van der Waals surface area (Å²) in [6.07, 6.45) is 5.23. The van der Waals surface area contributed by atoms with Gasteiger partial charge in [-0.1, -0.05) is 13.8 Å². The van der Waals surface area contributed by atoms with E-state index in [4.69, 9.17) is 4.98 Å². The normalized spacial score (nSPS) is 11.1. The molecule has 3 heterocycles. The molecule has 1 amide bonds. The molecule has 1 aromatic carbocycles. The molecule has 3 aromatic heterocycles. The predicted molar refractivity (Wildman–Crippen MR) is 127 cm³/mol. The lowest BCUT2D eigenvalue weighted by Gasteiger charge is -2.18. The molecule has 0 aliphatic carbocycles. The molecule has 0 fully saturated rings. The van der Waals surface area contributed by atoms with Gasteiger partial charge in [-0.15, -0.1) is 0 Å². The number of fused-ring (bicyclic) bond motifs is 1. The third-order valence-corrected chi connectivity index (χ3v) is 5.35. The van der Waals surface area contributed by atoms with Gasteiger partial charge < -0.3 is 20.5 Å². The molecule has 164 valence electrons. The van der Waals surface area contributed by atoms with E-state index in [2.05, 4.69) is 44.3 Å². The summed E-state index contributed by atoms with van der Waals surface area (Å²) >= 11 is 0. The number of aromatic amines is 1. The maximum absolute atomic E-state index is 12.4. The number of hydrogen-bond acceptors (Lipinski definition) is 6. The Hall–Kier alpha value is -3.78. The number of likely N-dealkylation sites (N-methyl/N-ethyl adjacent to an activating group) is 1. The Morgan fingerprint density at radius 2 is 1.88 bits per heavy atom. The van der Waals surface area contributed by atoms with Gasteiger partial charge >= 0.3 is 0 Å². The van der Waals surface area contributed by atoms with Crippen LogP contribution in [0.1, 0.15) is 24.2 Å². The molecule has 0 atom stereocenters. The minimum absolute atomic E-state index is 0.0719. The largest absolute Gasteiger partial charge is 0.351 e. The average Bonchev–Trinajstić information content (AvgIpc) is 3.28. The molecule has 4 aromatic rings. The van der Waals surface area contributed by atoms with E-state index in [1.165, 1.54) is 0 Å². The van der Waals surface area contributed by atoms with E-state index < -0.39 is 0 Å². The summed E-state index contributed by atoms with van der Waals surface area (Å²) in [6.45, 7) is 7.67. The number of rotatable bonds is 9. The molecule has 0 saturated carbocycles. The Kier molecular flexibility index (Phi) is 6.72. The van der Waals surface area contributed by atoms with Crippen molar-refractivity contribution in [2.45, 2.75) is 13.8 Å². The quantitative estimate of drug-likeness (QED) is 0.374. The summed E-state index contributed by atoms with van der Waals surface area (Å²) in [4.78, 5) is 31.3. The average molecular weight is 430 g/mol. The third-order valence-electron chi connectivity index (χ3n) is 5.35. The highest BCUT2D eigenvalue weighted by Crippen LogP contribution is 2.26. The molecule has 0 spiro atoms. The van der Waals surface area contributed by atoms with E-state index >= 15 is 0 Å². The van der Waals surface area contributed by atoms with Crippen LogP contribution in [0.4, 0.5) is 11.5 Å². The number of carbonyl (C=O) groups is 1. The Bertz CT molecular complexity index is 1170. The molecule has 0 aliphatic heterocycles. The summed E-state index contributed by atoms with van der Waals surface area (Å²) in [5.74, 6) is 1.31. The standard InChI is InChI=1S/C24H27N7O/c1-3-31(4-2)15-14-27-24(32)17-7-9-19(10-8-17)28-23-21-20(11-13-26-23)29-22(30-21)18-6-5-12-25-16-18/h5-13,16H,3-4,14-15H2,1-2H3,(H,26,28)(H,27,32)(H,29,30). The molecule has 0 aliphatic rings. The summed E-state index contributed by atoms with van der Waals surface area (Å²) < 4.78 is 0. The zero-order chi connectivity index (χ0) is 22.3. The van der Waals surface area contributed by atoms with E-state index in [1.54, 1.807) is 30.7 Å². The highest BCUT2D eigenvalue weighted by atomic mass is 16.1. The molecule has 32 heavy (non-hydrogen) atoms. The first-order valence-electron chi connectivity index (χ1n) is 10.8. The Balaban J connectivity index is 1.44. The second kappa shape index (κ2) is 10.0. The van der Waals surface area contributed by atoms with E-state index in [0.717, 1.165) is 47.7 Å². The van der Waals surface area contributed by atoms with Gasteiger partial charge in [0.25, 0.3) is 5.91 Å². The molecule has 8 heteroatoms. The van der Waals surface area contributed by atoms with Crippen LogP contribution in [0.25, 0.3) is 22.4 Å². The molecule has 4 rings (SSSR count). The third kappa shape index (κ3) is 4.92. The van der Waals surface area contributed by atoms with Gasteiger partial charge in [0.2, 0.25) is 0 Å². The van der Waals surface area contributed by atoms with Crippen molar-refractivity contribution < 1.29 is 4.79 Å². The fourth-order valence-electron chi connectivity index (χ4n) is 3.48. The molecular formula is C24H27N7O. The molecule has 0 bridgehead atoms. The lowest BCUT2D eigenvalue weighted by atomic mass is 10.2. The number of anilines is 2. The molecule has 0 unspecified atom stereocenters. The fourth-order valence-corrected chi connectivity index (χ4v) is 3.48. The molecule has 0 saturated heterocycles. The first-order valence-corrected chi connectivity index (χ1v) is 10.8. The minimum Gasteiger partial charge on any atom is -0.351 e. The van der Waals surface area contributed by atoms with Gasteiger partial charge in [0.15, 0.2) is 5.82 Å². The number of nitrogens with one attached hydrogen (secondary N) is 3. The van der Waals surface area contributed by atoms with E-state index in [0.29, 0.717) is 17.9 Å². The predicted octanol–water partition coefficient (Wildman–Crippen LogP) is 3.84. The minimum atomic E-state index is -0.0719. The summed E-state index contributed by atoms with van der Waals surface area (Å²) in [5, 5.41) is 6.28. The number of aromatic nitrogens is 4. The van der Waals surface area contributed by atoms with Gasteiger partial charge in [-0.3, -0.25) is 9.78 Å². The number of benzene rings is 1. The number of hydrogen-bond donors (Lipinski definition) is 3. The van der Waals surface area contributed by atoms with Crippen molar-refractivity contribution >= 4 is 28.4 Å². The lowest BCUT2D eigenvalue weighted by Crippen LogP contribution is -2.34. The molecule has 3 N–H and O–H groups in total. The van der Waals surface area contributed by atoms with Crippen molar-refractivity contribution in [1.82, 2.24) is 30.2 Å². The van der Waals surface area contributed by atoms with E-state index in [9.17, 15) is 4.79 Å². The SMILES string of the molecule is CCN(CC)CCNC(=O)c1ccc(Nc2nccc3[nH]c(-c4cccnc4)nc23)cc1. The number of nitrogens with zero attached hydrogens (tertiary/aromatic N) is 4. The van der Waals surface area contributed by atoms with E-state index in [-0.39, 0.29) is 5.91 Å². The zero-order valence-corrected chi connectivity index (χ0v) is 18.3. The number of carbonyl (C=O) groups excluding carboxylic acids is 1. The van der Waals surface area contributed by atoms with Crippen LogP contribution in [-0.2, 0) is 0 Å². The van der Waals surface area contributed by atoms with Crippen LogP contribution in [0.15, 0.2) is 61.1 Å². The number of imidazole rings is 1. The maximum atomic E-state index is 12.4. The van der Waals surface area contributed by atoms with Gasteiger partial charge in [-0.05, 0) is 55.6 Å². The molecule has 0 radical (unpaired) electrons. The second-order valence-electron chi connectivity index (χ2n) is 7.37. The van der Waals surface area contributed by atoms with Gasteiger partial charge in [-0.2, -0.15) is 0 Å². The van der Waals surface area contributed by atoms with Crippen LogP contribution >= 0.6 is 0 Å². The lowest BCUT2D eigenvalue weighted by molar-refractivity contribution is 0.0949. The Morgan fingerprint density at radius 1 is 1.06 bits per heavy atom. The molecular weight excluding hydrogens is 402 g/mol. The van der Waals surface area contributed by atoms with Crippen LogP contribution in [0.2, 0.25) is 0 Å². The summed E-state index contributed by atoms with van der Waals surface area (Å²) in [5.41, 5.74) is 3.98. The topological polar surface area (TPSA) is 98.8 Å². The van der Waals surface area contributed by atoms with Crippen LogP contribution in [0.5, 0.6) is 0 Å². The Morgan fingerprint density at radius 3 is 2.59 bits per heavy atom. The summed E-state index contributed by atoms with van der Waals surface area (Å²) in [6, 6.07) is 13.1. The molecule has 8 nitrogen and oxygen atoms in total. The van der Waals surface area contributed by atoms with Crippen LogP contribution in [-0.4, -0.2) is 56.9 Å². The van der Waals surface area contributed by atoms with Gasteiger partial charge in [0.1, 0.15) is 11.3 Å². The Labute approximate surface area is 187 Å². The first kappa shape index (κ1) is 21.5. The maximum Gasteiger partial charge on any atom is 0.251 e. The van der Waals surface area contributed by atoms with Crippen molar-refractivity contribution in [2.24, 2.45) is 0 Å². The van der Waals surface area contributed by atoms with Crippen LogP contribution < -0.4 is 10.6 Å². The summed E-state index contributed by atoms with van der Waals surface area (Å²) in [7, 11) is 0. The van der Waals surface area contributed by atoms with Crippen molar-refractivity contribution in [3.8, 4) is 11.4 Å². The number of pyridine rings is 2. The van der Waals surface area contributed by atoms with Gasteiger partial charge in [0.05, 0.1) is 5.52 Å². The number of amides is 1. The van der Waals surface area contributed by atoms with Crippen LogP contribution in [0, 0.1) is 0 Å². The van der Waals surface area contributed by atoms with Crippen molar-refractivity contribution in [3.05, 3.63) is 66.6 Å². The number of H-pyrrole nitrogens is 1. The van der Waals surface area contributed by atoms with Crippen molar-refractivity contribution in [1.29, 1.82) is 0 Å². The van der Waals surface area contributed by atoms with Crippen molar-refractivity contribution in [2.75, 3.05) is 31.5 Å². The van der Waals surface area contributed by atoms with Gasteiger partial charge in [-0.25, -0.2) is 9.97 Å². The van der Waals surface area contributed by atoms with E-state index in [1.807, 2.05) is 30.3 Å². The highest BCUT2D eigenvalue weighted by Gasteiger charge is 2.11. The highest BCUT2D eigenvalue weighted by molar-refractivity contribution is 5.95. The van der Waals surface area contributed by atoms with Gasteiger partial charge in [0, 0.05) is 48.5 Å². The van der Waals surface area contributed by atoms with Crippen molar-refractivity contribution in [3.63, 3.8) is 0 Å². The fraction of sp³-hybridized carbons (Fsp3) is 0.250. The van der Waals surface area contributed by atoms with Crippen LogP contribution in [0.3, 0.4) is 0 Å². The smallest absolute Gasteiger partial charge is 0.251 e.